The summed E-state index contributed by atoms with van der Waals surface area (Å²) in [6, 6.07) is 12.4. The van der Waals surface area contributed by atoms with Crippen LogP contribution in [-0.2, 0) is 6.42 Å². The molecule has 1 aromatic heterocycles. The van der Waals surface area contributed by atoms with E-state index in [0.29, 0.717) is 11.8 Å². The highest BCUT2D eigenvalue weighted by molar-refractivity contribution is 5.33. The van der Waals surface area contributed by atoms with Gasteiger partial charge >= 0.3 is 0 Å². The molecule has 1 aliphatic rings. The van der Waals surface area contributed by atoms with Crippen molar-refractivity contribution in [3.05, 3.63) is 53.2 Å². The third kappa shape index (κ3) is 3.05. The van der Waals surface area contributed by atoms with Crippen LogP contribution in [0.3, 0.4) is 0 Å². The van der Waals surface area contributed by atoms with E-state index in [1.54, 1.807) is 7.11 Å². The molecular formula is C17H21N3O. The second-order valence-electron chi connectivity index (χ2n) is 5.63. The first kappa shape index (κ1) is 14.0. The first-order valence-corrected chi connectivity index (χ1v) is 7.49. The molecule has 4 nitrogen and oxygen atoms in total. The number of nitrogens with two attached hydrogens (primary N) is 1. The van der Waals surface area contributed by atoms with Crippen LogP contribution in [0.4, 0.5) is 0 Å². The van der Waals surface area contributed by atoms with Crippen LogP contribution in [0.1, 0.15) is 48.0 Å². The van der Waals surface area contributed by atoms with E-state index in [1.165, 1.54) is 30.4 Å². The molecule has 0 amide bonds. The highest BCUT2D eigenvalue weighted by atomic mass is 16.5. The van der Waals surface area contributed by atoms with Crippen molar-refractivity contribution in [2.75, 3.05) is 7.11 Å². The van der Waals surface area contributed by atoms with E-state index < -0.39 is 0 Å². The van der Waals surface area contributed by atoms with Gasteiger partial charge in [0.2, 0.25) is 5.88 Å². The molecule has 2 N–H and O–H groups in total. The lowest BCUT2D eigenvalue weighted by Crippen LogP contribution is -2.19. The maximum Gasteiger partial charge on any atom is 0.233 e. The molecule has 2 aromatic rings. The van der Waals surface area contributed by atoms with Gasteiger partial charge in [-0.2, -0.15) is 5.10 Å². The summed E-state index contributed by atoms with van der Waals surface area (Å²) < 4.78 is 5.03. The van der Waals surface area contributed by atoms with Crippen molar-refractivity contribution >= 4 is 0 Å². The van der Waals surface area contributed by atoms with Crippen molar-refractivity contribution < 1.29 is 4.74 Å². The normalized spacial score (nSPS) is 18.9. The van der Waals surface area contributed by atoms with Gasteiger partial charge in [0.05, 0.1) is 12.8 Å². The number of aromatic nitrogens is 2. The second kappa shape index (κ2) is 6.22. The fraction of sp³-hybridized carbons (Fsp3) is 0.412. The van der Waals surface area contributed by atoms with Crippen molar-refractivity contribution in [2.45, 2.75) is 37.6 Å². The summed E-state index contributed by atoms with van der Waals surface area (Å²) in [6.45, 7) is 0. The van der Waals surface area contributed by atoms with E-state index in [2.05, 4.69) is 34.5 Å². The van der Waals surface area contributed by atoms with Crippen LogP contribution in [0, 0.1) is 0 Å². The van der Waals surface area contributed by atoms with Gasteiger partial charge in [0.25, 0.3) is 0 Å². The quantitative estimate of drug-likeness (QED) is 0.937. The first-order chi connectivity index (χ1) is 10.3. The average Bonchev–Trinajstić information content (AvgIpc) is 2.55. The van der Waals surface area contributed by atoms with Crippen LogP contribution in [0.5, 0.6) is 5.88 Å². The number of rotatable bonds is 4. The Morgan fingerprint density at radius 2 is 2.10 bits per heavy atom. The number of aryl methyl sites for hydroxylation is 1. The molecule has 0 spiro atoms. The van der Waals surface area contributed by atoms with Crippen LogP contribution in [0.2, 0.25) is 0 Å². The summed E-state index contributed by atoms with van der Waals surface area (Å²) in [4.78, 5) is 0. The molecule has 1 aromatic carbocycles. The minimum atomic E-state index is -0.0837. The predicted molar refractivity (Wildman–Crippen MR) is 82.3 cm³/mol. The zero-order valence-electron chi connectivity index (χ0n) is 12.3. The summed E-state index contributed by atoms with van der Waals surface area (Å²) >= 11 is 0. The Balaban J connectivity index is 1.74. The Hall–Kier alpha value is -1.94. The van der Waals surface area contributed by atoms with E-state index in [4.69, 9.17) is 10.5 Å². The Bertz CT molecular complexity index is 597. The minimum Gasteiger partial charge on any atom is -0.480 e. The first-order valence-electron chi connectivity index (χ1n) is 7.49. The third-order valence-corrected chi connectivity index (χ3v) is 4.28. The number of ether oxygens (including phenoxy) is 1. The fourth-order valence-corrected chi connectivity index (χ4v) is 3.16. The van der Waals surface area contributed by atoms with Gasteiger partial charge in [-0.3, -0.25) is 0 Å². The van der Waals surface area contributed by atoms with Crippen LogP contribution in [0.15, 0.2) is 36.4 Å². The minimum absolute atomic E-state index is 0.0837. The van der Waals surface area contributed by atoms with Gasteiger partial charge < -0.3 is 10.5 Å². The summed E-state index contributed by atoms with van der Waals surface area (Å²) in [6.07, 6.45) is 4.54. The number of methoxy groups -OCH3 is 1. The predicted octanol–water partition coefficient (Wildman–Crippen LogP) is 3.00. The molecule has 0 saturated carbocycles. The molecule has 1 aliphatic carbocycles. The molecular weight excluding hydrogens is 262 g/mol. The zero-order valence-corrected chi connectivity index (χ0v) is 12.3. The molecule has 110 valence electrons. The van der Waals surface area contributed by atoms with Gasteiger partial charge in [-0.05, 0) is 48.8 Å². The molecule has 2 atom stereocenters. The van der Waals surface area contributed by atoms with Gasteiger partial charge in [-0.15, -0.1) is 5.10 Å². The van der Waals surface area contributed by atoms with Gasteiger partial charge in [0.15, 0.2) is 0 Å². The molecule has 0 saturated heterocycles. The monoisotopic (exact) mass is 283 g/mol. The summed E-state index contributed by atoms with van der Waals surface area (Å²) in [5.74, 6) is 1.04. The molecule has 0 radical (unpaired) electrons. The van der Waals surface area contributed by atoms with Crippen molar-refractivity contribution in [3.8, 4) is 5.88 Å². The Kier molecular flexibility index (Phi) is 4.15. The van der Waals surface area contributed by atoms with Crippen LogP contribution < -0.4 is 10.5 Å². The SMILES string of the molecule is COc1ccc(C(N)CC2CCCc3ccccc32)nn1. The number of nitrogens with zero attached hydrogens (tertiary/aromatic N) is 2. The van der Waals surface area contributed by atoms with Crippen molar-refractivity contribution in [1.29, 1.82) is 0 Å². The largest absolute Gasteiger partial charge is 0.480 e. The van der Waals surface area contributed by atoms with Crippen molar-refractivity contribution in [2.24, 2.45) is 5.73 Å². The zero-order chi connectivity index (χ0) is 14.7. The highest BCUT2D eigenvalue weighted by Crippen LogP contribution is 2.36. The van der Waals surface area contributed by atoms with Gasteiger partial charge in [-0.25, -0.2) is 0 Å². The topological polar surface area (TPSA) is 61.0 Å². The molecule has 0 aliphatic heterocycles. The Morgan fingerprint density at radius 1 is 1.24 bits per heavy atom. The molecule has 4 heteroatoms. The van der Waals surface area contributed by atoms with Crippen LogP contribution in [0.25, 0.3) is 0 Å². The summed E-state index contributed by atoms with van der Waals surface area (Å²) in [5, 5.41) is 8.17. The number of hydrogen-bond acceptors (Lipinski definition) is 4. The molecule has 21 heavy (non-hydrogen) atoms. The Labute approximate surface area is 125 Å². The smallest absolute Gasteiger partial charge is 0.233 e. The maximum atomic E-state index is 6.33. The third-order valence-electron chi connectivity index (χ3n) is 4.28. The van der Waals surface area contributed by atoms with E-state index in [9.17, 15) is 0 Å². The standard InChI is InChI=1S/C17H21N3O/c1-21-17-10-9-16(19-20-17)15(18)11-13-7-4-6-12-5-2-3-8-14(12)13/h2-3,5,8-10,13,15H,4,6-7,11,18H2,1H3. The lowest BCUT2D eigenvalue weighted by Gasteiger charge is -2.27. The molecule has 1 heterocycles. The van der Waals surface area contributed by atoms with E-state index >= 15 is 0 Å². The maximum absolute atomic E-state index is 6.33. The van der Waals surface area contributed by atoms with Crippen molar-refractivity contribution in [3.63, 3.8) is 0 Å². The van der Waals surface area contributed by atoms with E-state index in [1.807, 2.05) is 12.1 Å². The molecule has 0 fully saturated rings. The Morgan fingerprint density at radius 3 is 2.86 bits per heavy atom. The number of fused-ring (bicyclic) bond motifs is 1. The molecule has 2 unspecified atom stereocenters. The van der Waals surface area contributed by atoms with Crippen LogP contribution >= 0.6 is 0 Å². The number of benzene rings is 1. The molecule has 3 rings (SSSR count). The highest BCUT2D eigenvalue weighted by Gasteiger charge is 2.23. The fourth-order valence-electron chi connectivity index (χ4n) is 3.16. The average molecular weight is 283 g/mol. The lowest BCUT2D eigenvalue weighted by molar-refractivity contribution is 0.389. The van der Waals surface area contributed by atoms with Gasteiger partial charge in [-0.1, -0.05) is 24.3 Å². The van der Waals surface area contributed by atoms with E-state index in [-0.39, 0.29) is 6.04 Å². The lowest BCUT2D eigenvalue weighted by atomic mass is 9.79. The van der Waals surface area contributed by atoms with E-state index in [0.717, 1.165) is 12.1 Å². The van der Waals surface area contributed by atoms with Gasteiger partial charge in [0.1, 0.15) is 0 Å². The summed E-state index contributed by atoms with van der Waals surface area (Å²) in [5.41, 5.74) is 10.1. The van der Waals surface area contributed by atoms with Crippen molar-refractivity contribution in [1.82, 2.24) is 10.2 Å². The number of hydrogen-bond donors (Lipinski definition) is 1. The second-order valence-corrected chi connectivity index (χ2v) is 5.63. The summed E-state index contributed by atoms with van der Waals surface area (Å²) in [7, 11) is 1.59. The van der Waals surface area contributed by atoms with Gasteiger partial charge in [0, 0.05) is 12.1 Å². The van der Waals surface area contributed by atoms with Crippen LogP contribution in [-0.4, -0.2) is 17.3 Å². The molecule has 0 bridgehead atoms.